The van der Waals surface area contributed by atoms with Crippen LogP contribution in [0, 0.1) is 5.92 Å². The van der Waals surface area contributed by atoms with Gasteiger partial charge in [0.1, 0.15) is 0 Å². The van der Waals surface area contributed by atoms with Gasteiger partial charge in [-0.2, -0.15) is 0 Å². The van der Waals surface area contributed by atoms with Crippen molar-refractivity contribution in [2.24, 2.45) is 5.92 Å². The number of aromatic nitrogens is 2. The molecule has 3 rings (SSSR count). The number of carbonyl (C=O) groups excluding carboxylic acids is 2. The number of esters is 1. The number of rotatable bonds is 7. The van der Waals surface area contributed by atoms with Crippen molar-refractivity contribution in [1.29, 1.82) is 0 Å². The summed E-state index contributed by atoms with van der Waals surface area (Å²) in [5.74, 6) is 0.191. The second-order valence-electron chi connectivity index (χ2n) is 6.87. The lowest BCUT2D eigenvalue weighted by molar-refractivity contribution is -0.151. The van der Waals surface area contributed by atoms with E-state index in [2.05, 4.69) is 16.5 Å². The van der Waals surface area contributed by atoms with Crippen LogP contribution in [0.1, 0.15) is 33.1 Å². The number of hydrogen-bond donors (Lipinski definition) is 0. The van der Waals surface area contributed by atoms with Gasteiger partial charge in [-0.3, -0.25) is 9.59 Å². The van der Waals surface area contributed by atoms with E-state index in [1.54, 1.807) is 0 Å². The number of fused-ring (bicyclic) bond motifs is 1. The molecule has 0 N–H and O–H groups in total. The first-order chi connectivity index (χ1) is 13.5. The Balaban J connectivity index is 1.60. The van der Waals surface area contributed by atoms with Gasteiger partial charge in [-0.15, -0.1) is 0 Å². The van der Waals surface area contributed by atoms with E-state index in [4.69, 9.17) is 16.3 Å². The van der Waals surface area contributed by atoms with Gasteiger partial charge in [0.25, 0.3) is 0 Å². The first-order valence-electron chi connectivity index (χ1n) is 9.76. The second kappa shape index (κ2) is 9.65. The number of likely N-dealkylation sites (tertiary alicyclic amines) is 1. The van der Waals surface area contributed by atoms with E-state index in [0.717, 1.165) is 29.2 Å². The minimum atomic E-state index is -0.143. The number of nitrogens with zero attached hydrogens (tertiary/aromatic N) is 3. The van der Waals surface area contributed by atoms with Gasteiger partial charge >= 0.3 is 5.97 Å². The Hall–Kier alpha value is -1.73. The number of aryl methyl sites for hydroxylation is 1. The second-order valence-corrected chi connectivity index (χ2v) is 8.25. The molecular weight excluding hydrogens is 398 g/mol. The molecule has 1 aliphatic heterocycles. The van der Waals surface area contributed by atoms with Crippen LogP contribution in [0.15, 0.2) is 23.4 Å². The van der Waals surface area contributed by atoms with Gasteiger partial charge in [0.2, 0.25) is 5.91 Å². The van der Waals surface area contributed by atoms with Gasteiger partial charge < -0.3 is 14.2 Å². The fourth-order valence-corrected chi connectivity index (χ4v) is 4.58. The number of carbonyl (C=O) groups is 2. The average molecular weight is 424 g/mol. The van der Waals surface area contributed by atoms with E-state index in [-0.39, 0.29) is 17.8 Å². The minimum absolute atomic E-state index is 0.0837. The van der Waals surface area contributed by atoms with Crippen LogP contribution in [0.25, 0.3) is 11.0 Å². The normalized spacial score (nSPS) is 15.2. The number of ether oxygens (including phenoxy) is 1. The molecule has 0 atom stereocenters. The number of piperidine rings is 1. The molecule has 1 aromatic carbocycles. The molecule has 0 spiro atoms. The summed E-state index contributed by atoms with van der Waals surface area (Å²) in [5, 5.41) is 1.50. The molecule has 1 amide bonds. The Morgan fingerprint density at radius 2 is 2.04 bits per heavy atom. The van der Waals surface area contributed by atoms with E-state index in [1.165, 1.54) is 11.8 Å². The summed E-state index contributed by atoms with van der Waals surface area (Å²) < 4.78 is 7.24. The summed E-state index contributed by atoms with van der Waals surface area (Å²) in [4.78, 5) is 31.0. The Morgan fingerprint density at radius 3 is 2.71 bits per heavy atom. The van der Waals surface area contributed by atoms with Crippen molar-refractivity contribution in [2.75, 3.05) is 25.4 Å². The number of thioether (sulfide) groups is 1. The van der Waals surface area contributed by atoms with Gasteiger partial charge in [0.15, 0.2) is 5.16 Å². The fourth-order valence-electron chi connectivity index (χ4n) is 3.47. The van der Waals surface area contributed by atoms with Crippen molar-refractivity contribution in [3.8, 4) is 0 Å². The van der Waals surface area contributed by atoms with Crippen LogP contribution < -0.4 is 0 Å². The lowest BCUT2D eigenvalue weighted by Gasteiger charge is -2.30. The van der Waals surface area contributed by atoms with Gasteiger partial charge in [0.05, 0.1) is 29.3 Å². The maximum Gasteiger partial charge on any atom is 0.309 e. The smallest absolute Gasteiger partial charge is 0.309 e. The van der Waals surface area contributed by atoms with Crippen LogP contribution in [-0.4, -0.2) is 51.8 Å². The van der Waals surface area contributed by atoms with E-state index in [9.17, 15) is 9.59 Å². The van der Waals surface area contributed by atoms with E-state index >= 15 is 0 Å². The molecule has 0 unspecified atom stereocenters. The van der Waals surface area contributed by atoms with Gasteiger partial charge in [-0.1, -0.05) is 30.3 Å². The summed E-state index contributed by atoms with van der Waals surface area (Å²) in [7, 11) is 0. The molecule has 152 valence electrons. The Kier molecular flexibility index (Phi) is 7.24. The number of halogens is 1. The zero-order valence-electron chi connectivity index (χ0n) is 16.3. The molecule has 2 heterocycles. The minimum Gasteiger partial charge on any atom is -0.466 e. The highest BCUT2D eigenvalue weighted by molar-refractivity contribution is 7.99. The summed E-state index contributed by atoms with van der Waals surface area (Å²) in [6.45, 7) is 6.38. The van der Waals surface area contributed by atoms with Crippen LogP contribution >= 0.6 is 23.4 Å². The van der Waals surface area contributed by atoms with Crippen LogP contribution in [-0.2, 0) is 20.9 Å². The zero-order chi connectivity index (χ0) is 20.1. The molecular formula is C20H26ClN3O3S. The quantitative estimate of drug-likeness (QED) is 0.497. The van der Waals surface area contributed by atoms with Crippen molar-refractivity contribution >= 4 is 46.3 Å². The third-order valence-electron chi connectivity index (χ3n) is 4.91. The van der Waals surface area contributed by atoms with Crippen molar-refractivity contribution in [3.63, 3.8) is 0 Å². The van der Waals surface area contributed by atoms with E-state index in [1.807, 2.05) is 30.0 Å². The summed E-state index contributed by atoms with van der Waals surface area (Å²) in [6, 6.07) is 5.70. The topological polar surface area (TPSA) is 64.4 Å². The van der Waals surface area contributed by atoms with Crippen LogP contribution in [0.2, 0.25) is 5.02 Å². The summed E-state index contributed by atoms with van der Waals surface area (Å²) in [5.41, 5.74) is 1.89. The molecule has 1 aromatic heterocycles. The van der Waals surface area contributed by atoms with E-state index in [0.29, 0.717) is 43.3 Å². The molecule has 1 fully saturated rings. The lowest BCUT2D eigenvalue weighted by Crippen LogP contribution is -2.41. The van der Waals surface area contributed by atoms with Crippen LogP contribution in [0.3, 0.4) is 0 Å². The summed E-state index contributed by atoms with van der Waals surface area (Å²) in [6.07, 6.45) is 2.32. The Bertz CT molecular complexity index is 847. The van der Waals surface area contributed by atoms with Crippen molar-refractivity contribution in [2.45, 2.75) is 44.8 Å². The average Bonchev–Trinajstić information content (AvgIpc) is 3.03. The van der Waals surface area contributed by atoms with Crippen molar-refractivity contribution in [1.82, 2.24) is 14.5 Å². The predicted molar refractivity (Wildman–Crippen MR) is 112 cm³/mol. The maximum absolute atomic E-state index is 12.6. The number of amides is 1. The molecule has 0 saturated carbocycles. The van der Waals surface area contributed by atoms with Crippen LogP contribution in [0.5, 0.6) is 0 Å². The number of benzene rings is 1. The number of imidazole rings is 1. The highest BCUT2D eigenvalue weighted by atomic mass is 35.5. The molecule has 0 aliphatic carbocycles. The Labute approximate surface area is 174 Å². The molecule has 28 heavy (non-hydrogen) atoms. The predicted octanol–water partition coefficient (Wildman–Crippen LogP) is 3.99. The molecule has 1 aliphatic rings. The standard InChI is InChI=1S/C20H26ClN3O3S/c1-3-9-24-17-6-5-15(21)12-16(17)22-20(24)28-13-18(25)23-10-7-14(8-11-23)19(26)27-4-2/h5-6,12,14H,3-4,7-11,13H2,1-2H3. The zero-order valence-corrected chi connectivity index (χ0v) is 17.9. The largest absolute Gasteiger partial charge is 0.466 e. The maximum atomic E-state index is 12.6. The third-order valence-corrected chi connectivity index (χ3v) is 6.11. The Morgan fingerprint density at radius 1 is 1.29 bits per heavy atom. The first kappa shape index (κ1) is 21.0. The highest BCUT2D eigenvalue weighted by Crippen LogP contribution is 2.27. The van der Waals surface area contributed by atoms with Crippen molar-refractivity contribution < 1.29 is 14.3 Å². The number of hydrogen-bond acceptors (Lipinski definition) is 5. The van der Waals surface area contributed by atoms with E-state index < -0.39 is 0 Å². The molecule has 0 bridgehead atoms. The SMILES string of the molecule is CCCn1c(SCC(=O)N2CCC(C(=O)OCC)CC2)nc2cc(Cl)ccc21. The summed E-state index contributed by atoms with van der Waals surface area (Å²) >= 11 is 7.55. The van der Waals surface area contributed by atoms with Crippen molar-refractivity contribution in [3.05, 3.63) is 23.2 Å². The third kappa shape index (κ3) is 4.81. The highest BCUT2D eigenvalue weighted by Gasteiger charge is 2.28. The molecule has 0 radical (unpaired) electrons. The fraction of sp³-hybridized carbons (Fsp3) is 0.550. The first-order valence-corrected chi connectivity index (χ1v) is 11.1. The lowest BCUT2D eigenvalue weighted by atomic mass is 9.97. The van der Waals surface area contributed by atoms with Gasteiger partial charge in [0, 0.05) is 24.7 Å². The molecule has 6 nitrogen and oxygen atoms in total. The van der Waals surface area contributed by atoms with Gasteiger partial charge in [-0.25, -0.2) is 4.98 Å². The molecule has 8 heteroatoms. The molecule has 2 aromatic rings. The van der Waals surface area contributed by atoms with Crippen LogP contribution in [0.4, 0.5) is 0 Å². The van der Waals surface area contributed by atoms with Gasteiger partial charge in [-0.05, 0) is 44.4 Å². The monoisotopic (exact) mass is 423 g/mol. The molecule has 1 saturated heterocycles.